The van der Waals surface area contributed by atoms with Crippen LogP contribution in [0.15, 0.2) is 54.6 Å². The molecule has 2 aliphatic rings. The van der Waals surface area contributed by atoms with Crippen molar-refractivity contribution in [1.29, 1.82) is 0 Å². The molecule has 2 aromatic rings. The zero-order chi connectivity index (χ0) is 19.6. The molecule has 0 bridgehead atoms. The second-order valence-electron chi connectivity index (χ2n) is 7.68. The van der Waals surface area contributed by atoms with Crippen molar-refractivity contribution in [3.05, 3.63) is 71.3 Å². The summed E-state index contributed by atoms with van der Waals surface area (Å²) in [6.07, 6.45) is 1.55. The van der Waals surface area contributed by atoms with Gasteiger partial charge < -0.3 is 14.5 Å². The highest BCUT2D eigenvalue weighted by Crippen LogP contribution is 2.43. The zero-order valence-corrected chi connectivity index (χ0v) is 16.3. The van der Waals surface area contributed by atoms with Crippen molar-refractivity contribution < 1.29 is 14.3 Å². The van der Waals surface area contributed by atoms with Crippen LogP contribution in [-0.4, -0.2) is 47.8 Å². The number of amides is 2. The van der Waals surface area contributed by atoms with E-state index >= 15 is 0 Å². The van der Waals surface area contributed by atoms with Crippen LogP contribution >= 0.6 is 0 Å². The van der Waals surface area contributed by atoms with Crippen molar-refractivity contribution in [2.75, 3.05) is 26.2 Å². The largest absolute Gasteiger partial charge is 0.364 e. The highest BCUT2D eigenvalue weighted by Gasteiger charge is 2.46. The van der Waals surface area contributed by atoms with Crippen LogP contribution in [0.5, 0.6) is 0 Å². The molecule has 1 atom stereocenters. The van der Waals surface area contributed by atoms with E-state index < -0.39 is 0 Å². The van der Waals surface area contributed by atoms with Gasteiger partial charge in [0.15, 0.2) is 0 Å². The topological polar surface area (TPSA) is 49.9 Å². The lowest BCUT2D eigenvalue weighted by Crippen LogP contribution is -2.43. The van der Waals surface area contributed by atoms with Crippen molar-refractivity contribution in [1.82, 2.24) is 9.80 Å². The smallest absolute Gasteiger partial charge is 0.242 e. The Morgan fingerprint density at radius 1 is 1.11 bits per heavy atom. The van der Waals surface area contributed by atoms with Gasteiger partial charge in [-0.25, -0.2) is 0 Å². The number of carbonyl (C=O) groups excluding carboxylic acids is 2. The molecule has 1 spiro atoms. The van der Waals surface area contributed by atoms with Crippen LogP contribution in [0.2, 0.25) is 0 Å². The van der Waals surface area contributed by atoms with E-state index in [0.29, 0.717) is 26.2 Å². The molecule has 0 radical (unpaired) electrons. The Bertz CT molecular complexity index is 867. The maximum atomic E-state index is 12.9. The molecule has 1 fully saturated rings. The third-order valence-corrected chi connectivity index (χ3v) is 5.88. The summed E-state index contributed by atoms with van der Waals surface area (Å²) >= 11 is 0. The SMILES string of the molecule is CC(=O)N(CCc1ccccc1)CC(=O)N1CCC2(C1)OCc1ccccc12. The second kappa shape index (κ2) is 7.76. The number of carbonyl (C=O) groups is 2. The molecular weight excluding hydrogens is 352 g/mol. The summed E-state index contributed by atoms with van der Waals surface area (Å²) in [7, 11) is 0. The van der Waals surface area contributed by atoms with Gasteiger partial charge in [0, 0.05) is 20.0 Å². The molecule has 2 heterocycles. The minimum atomic E-state index is -0.378. The summed E-state index contributed by atoms with van der Waals surface area (Å²) in [6.45, 7) is 4.03. The van der Waals surface area contributed by atoms with E-state index in [1.54, 1.807) is 4.90 Å². The number of nitrogens with zero attached hydrogens (tertiary/aromatic N) is 2. The molecule has 5 heteroatoms. The average molecular weight is 378 g/mol. The number of hydrogen-bond acceptors (Lipinski definition) is 3. The molecule has 2 amide bonds. The minimum absolute atomic E-state index is 0.00637. The summed E-state index contributed by atoms with van der Waals surface area (Å²) in [5, 5.41) is 0. The molecule has 28 heavy (non-hydrogen) atoms. The Morgan fingerprint density at radius 3 is 2.64 bits per heavy atom. The fourth-order valence-corrected chi connectivity index (χ4v) is 4.24. The fraction of sp³-hybridized carbons (Fsp3) is 0.391. The predicted octanol–water partition coefficient (Wildman–Crippen LogP) is 2.74. The van der Waals surface area contributed by atoms with E-state index in [-0.39, 0.29) is 24.0 Å². The van der Waals surface area contributed by atoms with Crippen LogP contribution in [0.3, 0.4) is 0 Å². The third-order valence-electron chi connectivity index (χ3n) is 5.88. The number of ether oxygens (including phenoxy) is 1. The number of likely N-dealkylation sites (tertiary alicyclic amines) is 1. The van der Waals surface area contributed by atoms with E-state index in [1.807, 2.05) is 47.4 Å². The van der Waals surface area contributed by atoms with Crippen LogP contribution in [0.4, 0.5) is 0 Å². The summed E-state index contributed by atoms with van der Waals surface area (Å²) in [5.74, 6) is -0.0752. The second-order valence-corrected chi connectivity index (χ2v) is 7.68. The minimum Gasteiger partial charge on any atom is -0.364 e. The number of hydrogen-bond donors (Lipinski definition) is 0. The monoisotopic (exact) mass is 378 g/mol. The number of benzene rings is 2. The van der Waals surface area contributed by atoms with Gasteiger partial charge in [-0.15, -0.1) is 0 Å². The Hall–Kier alpha value is -2.66. The van der Waals surface area contributed by atoms with E-state index in [2.05, 4.69) is 12.1 Å². The fourth-order valence-electron chi connectivity index (χ4n) is 4.24. The molecule has 1 saturated heterocycles. The van der Waals surface area contributed by atoms with Crippen LogP contribution in [0, 0.1) is 0 Å². The van der Waals surface area contributed by atoms with E-state index in [4.69, 9.17) is 4.74 Å². The maximum Gasteiger partial charge on any atom is 0.242 e. The number of fused-ring (bicyclic) bond motifs is 2. The lowest BCUT2D eigenvalue weighted by atomic mass is 9.92. The summed E-state index contributed by atoms with van der Waals surface area (Å²) < 4.78 is 6.14. The van der Waals surface area contributed by atoms with E-state index in [9.17, 15) is 9.59 Å². The summed E-state index contributed by atoms with van der Waals surface area (Å²) in [4.78, 5) is 28.4. The Morgan fingerprint density at radius 2 is 1.86 bits per heavy atom. The van der Waals surface area contributed by atoms with E-state index in [1.165, 1.54) is 18.1 Å². The molecule has 0 saturated carbocycles. The van der Waals surface area contributed by atoms with Gasteiger partial charge in [-0.05, 0) is 29.5 Å². The molecule has 0 aromatic heterocycles. The first-order valence-corrected chi connectivity index (χ1v) is 9.87. The first-order valence-electron chi connectivity index (χ1n) is 9.87. The van der Waals surface area contributed by atoms with Gasteiger partial charge in [-0.1, -0.05) is 54.6 Å². The summed E-state index contributed by atoms with van der Waals surface area (Å²) in [5.41, 5.74) is 3.21. The molecule has 0 aliphatic carbocycles. The molecule has 5 nitrogen and oxygen atoms in total. The highest BCUT2D eigenvalue weighted by atomic mass is 16.5. The first kappa shape index (κ1) is 18.7. The van der Waals surface area contributed by atoms with Gasteiger partial charge in [0.1, 0.15) is 5.60 Å². The van der Waals surface area contributed by atoms with Crippen molar-refractivity contribution in [3.63, 3.8) is 0 Å². The quantitative estimate of drug-likeness (QED) is 0.804. The van der Waals surface area contributed by atoms with Crippen LogP contribution < -0.4 is 0 Å². The van der Waals surface area contributed by atoms with Crippen LogP contribution in [0.25, 0.3) is 0 Å². The average Bonchev–Trinajstić information content (AvgIpc) is 3.31. The normalized spacial score (nSPS) is 20.4. The third kappa shape index (κ3) is 3.67. The molecular formula is C23H26N2O3. The van der Waals surface area contributed by atoms with E-state index in [0.717, 1.165) is 18.4 Å². The van der Waals surface area contributed by atoms with Gasteiger partial charge in [-0.2, -0.15) is 0 Å². The maximum absolute atomic E-state index is 12.9. The lowest BCUT2D eigenvalue weighted by molar-refractivity contribution is -0.139. The van der Waals surface area contributed by atoms with Crippen molar-refractivity contribution in [2.24, 2.45) is 0 Å². The van der Waals surface area contributed by atoms with Gasteiger partial charge in [0.05, 0.1) is 19.7 Å². The molecule has 4 rings (SSSR count). The Kier molecular flexibility index (Phi) is 5.18. The van der Waals surface area contributed by atoms with Crippen molar-refractivity contribution in [2.45, 2.75) is 32.0 Å². The lowest BCUT2D eigenvalue weighted by Gasteiger charge is -2.27. The molecule has 146 valence electrons. The summed E-state index contributed by atoms with van der Waals surface area (Å²) in [6, 6.07) is 18.3. The predicted molar refractivity (Wildman–Crippen MR) is 107 cm³/mol. The van der Waals surface area contributed by atoms with Crippen molar-refractivity contribution >= 4 is 11.8 Å². The van der Waals surface area contributed by atoms with Gasteiger partial charge in [0.25, 0.3) is 0 Å². The Labute approximate surface area is 165 Å². The van der Waals surface area contributed by atoms with Crippen LogP contribution in [-0.2, 0) is 33.0 Å². The standard InChI is InChI=1S/C23H26N2O3/c1-18(26)24(13-11-19-7-3-2-4-8-19)15-22(27)25-14-12-23(17-25)21-10-6-5-9-20(21)16-28-23/h2-10H,11-17H2,1H3. The van der Waals surface area contributed by atoms with Crippen LogP contribution in [0.1, 0.15) is 30.0 Å². The Balaban J connectivity index is 1.38. The van der Waals surface area contributed by atoms with Crippen molar-refractivity contribution in [3.8, 4) is 0 Å². The van der Waals surface area contributed by atoms with Gasteiger partial charge >= 0.3 is 0 Å². The zero-order valence-electron chi connectivity index (χ0n) is 16.3. The molecule has 2 aliphatic heterocycles. The molecule has 1 unspecified atom stereocenters. The molecule has 0 N–H and O–H groups in total. The molecule has 2 aromatic carbocycles. The van der Waals surface area contributed by atoms with Gasteiger partial charge in [-0.3, -0.25) is 9.59 Å². The van der Waals surface area contributed by atoms with Gasteiger partial charge in [0.2, 0.25) is 11.8 Å². The first-order chi connectivity index (χ1) is 13.6. The number of rotatable bonds is 5. The highest BCUT2D eigenvalue weighted by molar-refractivity contribution is 5.84.